The average molecular weight is 376 g/mol. The zero-order valence-electron chi connectivity index (χ0n) is 16.3. The maximum Gasteiger partial charge on any atom is 0.228 e. The lowest BCUT2D eigenvalue weighted by atomic mass is 10.1. The Labute approximate surface area is 163 Å². The molecule has 0 saturated carbocycles. The van der Waals surface area contributed by atoms with E-state index in [2.05, 4.69) is 18.1 Å². The number of nitrogens with zero attached hydrogens (tertiary/aromatic N) is 2. The van der Waals surface area contributed by atoms with Crippen LogP contribution in [0.25, 0.3) is 21.9 Å². The quantitative estimate of drug-likeness (QED) is 0.449. The van der Waals surface area contributed by atoms with E-state index in [0.29, 0.717) is 17.8 Å². The summed E-state index contributed by atoms with van der Waals surface area (Å²) in [7, 11) is 1.83. The molecule has 2 heterocycles. The van der Waals surface area contributed by atoms with Crippen LogP contribution in [-0.2, 0) is 24.2 Å². The molecular formula is C23H24N2O3. The van der Waals surface area contributed by atoms with Crippen LogP contribution in [0.15, 0.2) is 57.5 Å². The molecule has 0 saturated heterocycles. The van der Waals surface area contributed by atoms with Crippen molar-refractivity contribution >= 4 is 27.8 Å². The summed E-state index contributed by atoms with van der Waals surface area (Å²) in [5.74, 6) is 0.986. The summed E-state index contributed by atoms with van der Waals surface area (Å²) in [6.07, 6.45) is 3.27. The molecule has 0 aliphatic heterocycles. The minimum Gasteiger partial charge on any atom is -0.461 e. The Kier molecular flexibility index (Phi) is 5.15. The number of unbranched alkanes of at least 4 members (excludes halogenated alkanes) is 1. The third-order valence-corrected chi connectivity index (χ3v) is 5.13. The van der Waals surface area contributed by atoms with Gasteiger partial charge in [-0.3, -0.25) is 4.79 Å². The van der Waals surface area contributed by atoms with E-state index < -0.39 is 0 Å². The SMILES string of the molecule is CCCCc1oc2ccccc2c1CN(C)C(=O)Cc1noc2ccccc12. The predicted octanol–water partition coefficient (Wildman–Crippen LogP) is 5.12. The second kappa shape index (κ2) is 7.89. The molecule has 0 aliphatic carbocycles. The molecular weight excluding hydrogens is 352 g/mol. The van der Waals surface area contributed by atoms with Gasteiger partial charge in [0.1, 0.15) is 17.0 Å². The smallest absolute Gasteiger partial charge is 0.228 e. The lowest BCUT2D eigenvalue weighted by Gasteiger charge is -2.17. The molecule has 0 spiro atoms. The predicted molar refractivity (Wildman–Crippen MR) is 109 cm³/mol. The zero-order chi connectivity index (χ0) is 19.5. The van der Waals surface area contributed by atoms with Crippen molar-refractivity contribution in [1.29, 1.82) is 0 Å². The van der Waals surface area contributed by atoms with E-state index >= 15 is 0 Å². The molecule has 0 radical (unpaired) electrons. The number of carbonyl (C=O) groups excluding carboxylic acids is 1. The number of aryl methyl sites for hydroxylation is 1. The molecule has 5 nitrogen and oxygen atoms in total. The molecule has 0 atom stereocenters. The number of likely N-dealkylation sites (N-methyl/N-ethyl adjacent to an activating group) is 1. The van der Waals surface area contributed by atoms with E-state index in [-0.39, 0.29) is 12.3 Å². The van der Waals surface area contributed by atoms with Crippen molar-refractivity contribution in [3.05, 3.63) is 65.5 Å². The van der Waals surface area contributed by atoms with Crippen molar-refractivity contribution in [3.8, 4) is 0 Å². The largest absolute Gasteiger partial charge is 0.461 e. The molecule has 28 heavy (non-hydrogen) atoms. The number of amides is 1. The molecule has 2 aromatic heterocycles. The number of para-hydroxylation sites is 2. The molecule has 0 unspecified atom stereocenters. The van der Waals surface area contributed by atoms with Crippen molar-refractivity contribution in [1.82, 2.24) is 10.1 Å². The van der Waals surface area contributed by atoms with Crippen LogP contribution in [0.4, 0.5) is 0 Å². The highest BCUT2D eigenvalue weighted by Crippen LogP contribution is 2.28. The van der Waals surface area contributed by atoms with Gasteiger partial charge in [-0.15, -0.1) is 0 Å². The highest BCUT2D eigenvalue weighted by atomic mass is 16.5. The summed E-state index contributed by atoms with van der Waals surface area (Å²) in [4.78, 5) is 14.6. The number of furan rings is 1. The number of aromatic nitrogens is 1. The Hall–Kier alpha value is -3.08. The number of rotatable bonds is 7. The third kappa shape index (κ3) is 3.52. The fraction of sp³-hybridized carbons (Fsp3) is 0.304. The van der Waals surface area contributed by atoms with Crippen LogP contribution in [0, 0.1) is 0 Å². The van der Waals surface area contributed by atoms with Gasteiger partial charge in [-0.1, -0.05) is 48.8 Å². The average Bonchev–Trinajstić information content (AvgIpc) is 3.28. The van der Waals surface area contributed by atoms with Crippen molar-refractivity contribution in [2.75, 3.05) is 7.05 Å². The van der Waals surface area contributed by atoms with Crippen molar-refractivity contribution in [2.45, 2.75) is 39.2 Å². The lowest BCUT2D eigenvalue weighted by molar-refractivity contribution is -0.129. The molecule has 5 heteroatoms. The van der Waals surface area contributed by atoms with Gasteiger partial charge >= 0.3 is 0 Å². The Morgan fingerprint density at radius 2 is 1.75 bits per heavy atom. The zero-order valence-corrected chi connectivity index (χ0v) is 16.3. The standard InChI is InChI=1S/C23H24N2O3/c1-3-4-11-21-18(16-9-5-7-12-20(16)27-21)15-25(2)23(26)14-19-17-10-6-8-13-22(17)28-24-19/h5-10,12-13H,3-4,11,14-15H2,1-2H3. The Bertz CT molecular complexity index is 1110. The minimum atomic E-state index is 0.00535. The van der Waals surface area contributed by atoms with Gasteiger partial charge in [0, 0.05) is 36.3 Å². The number of fused-ring (bicyclic) bond motifs is 2. The van der Waals surface area contributed by atoms with Gasteiger partial charge in [0.25, 0.3) is 0 Å². The van der Waals surface area contributed by atoms with E-state index in [9.17, 15) is 4.79 Å². The summed E-state index contributed by atoms with van der Waals surface area (Å²) in [6.45, 7) is 2.69. The van der Waals surface area contributed by atoms with Crippen LogP contribution < -0.4 is 0 Å². The van der Waals surface area contributed by atoms with Crippen molar-refractivity contribution in [3.63, 3.8) is 0 Å². The minimum absolute atomic E-state index is 0.00535. The normalized spacial score (nSPS) is 11.4. The first-order valence-electron chi connectivity index (χ1n) is 9.74. The molecule has 1 amide bonds. The molecule has 4 aromatic rings. The van der Waals surface area contributed by atoms with Crippen LogP contribution in [0.2, 0.25) is 0 Å². The first-order chi connectivity index (χ1) is 13.7. The van der Waals surface area contributed by atoms with Gasteiger partial charge in [0.2, 0.25) is 5.91 Å². The van der Waals surface area contributed by atoms with Gasteiger partial charge in [0.15, 0.2) is 5.58 Å². The maximum atomic E-state index is 12.9. The topological polar surface area (TPSA) is 59.5 Å². The van der Waals surface area contributed by atoms with Gasteiger partial charge < -0.3 is 13.8 Å². The fourth-order valence-corrected chi connectivity index (χ4v) is 3.53. The van der Waals surface area contributed by atoms with Crippen LogP contribution >= 0.6 is 0 Å². The molecule has 0 fully saturated rings. The number of hydrogen-bond donors (Lipinski definition) is 0. The second-order valence-electron chi connectivity index (χ2n) is 7.16. The highest BCUT2D eigenvalue weighted by Gasteiger charge is 2.20. The van der Waals surface area contributed by atoms with Gasteiger partial charge in [0.05, 0.1) is 6.42 Å². The van der Waals surface area contributed by atoms with Crippen LogP contribution in [0.1, 0.15) is 36.8 Å². The molecule has 4 rings (SSSR count). The van der Waals surface area contributed by atoms with Crippen LogP contribution in [0.3, 0.4) is 0 Å². The van der Waals surface area contributed by atoms with Gasteiger partial charge in [-0.2, -0.15) is 0 Å². The summed E-state index contributed by atoms with van der Waals surface area (Å²) in [5.41, 5.74) is 3.36. The Morgan fingerprint density at radius 1 is 1.04 bits per heavy atom. The lowest BCUT2D eigenvalue weighted by Crippen LogP contribution is -2.28. The van der Waals surface area contributed by atoms with E-state index in [4.69, 9.17) is 8.94 Å². The van der Waals surface area contributed by atoms with E-state index in [1.54, 1.807) is 4.90 Å². The second-order valence-corrected chi connectivity index (χ2v) is 7.16. The molecule has 0 N–H and O–H groups in total. The summed E-state index contributed by atoms with van der Waals surface area (Å²) < 4.78 is 11.4. The van der Waals surface area contributed by atoms with Crippen molar-refractivity contribution in [2.24, 2.45) is 0 Å². The summed E-state index contributed by atoms with van der Waals surface area (Å²) in [6, 6.07) is 15.6. The number of hydrogen-bond acceptors (Lipinski definition) is 4. The first-order valence-corrected chi connectivity index (χ1v) is 9.74. The monoisotopic (exact) mass is 376 g/mol. The third-order valence-electron chi connectivity index (χ3n) is 5.13. The van der Waals surface area contributed by atoms with Crippen LogP contribution in [-0.4, -0.2) is 23.0 Å². The molecule has 144 valence electrons. The Morgan fingerprint density at radius 3 is 2.54 bits per heavy atom. The molecule has 0 aliphatic rings. The van der Waals surface area contributed by atoms with E-state index in [1.165, 1.54) is 0 Å². The van der Waals surface area contributed by atoms with Gasteiger partial charge in [-0.05, 0) is 24.6 Å². The number of benzene rings is 2. The Balaban J connectivity index is 1.55. The molecule has 0 bridgehead atoms. The fourth-order valence-electron chi connectivity index (χ4n) is 3.53. The van der Waals surface area contributed by atoms with E-state index in [1.807, 2.05) is 49.5 Å². The summed E-state index contributed by atoms with van der Waals surface area (Å²) in [5, 5.41) is 6.06. The number of carbonyl (C=O) groups is 1. The summed E-state index contributed by atoms with van der Waals surface area (Å²) >= 11 is 0. The molecule has 2 aromatic carbocycles. The van der Waals surface area contributed by atoms with Crippen molar-refractivity contribution < 1.29 is 13.7 Å². The maximum absolute atomic E-state index is 12.9. The first kappa shape index (κ1) is 18.3. The van der Waals surface area contributed by atoms with E-state index in [0.717, 1.165) is 46.9 Å². The highest BCUT2D eigenvalue weighted by molar-refractivity contribution is 5.87. The van der Waals surface area contributed by atoms with Gasteiger partial charge in [-0.25, -0.2) is 0 Å². The van der Waals surface area contributed by atoms with Crippen LogP contribution in [0.5, 0.6) is 0 Å².